The maximum absolute atomic E-state index is 11.4. The Labute approximate surface area is 111 Å². The van der Waals surface area contributed by atoms with E-state index in [-0.39, 0.29) is 10.6 Å². The zero-order chi connectivity index (χ0) is 14.0. The van der Waals surface area contributed by atoms with Crippen LogP contribution in [0.4, 0.5) is 10.5 Å². The first-order valence-corrected chi connectivity index (χ1v) is 5.90. The third-order valence-electron chi connectivity index (χ3n) is 2.35. The van der Waals surface area contributed by atoms with Crippen LogP contribution in [0.2, 0.25) is 0 Å². The van der Waals surface area contributed by atoms with E-state index in [9.17, 15) is 19.7 Å². The summed E-state index contributed by atoms with van der Waals surface area (Å²) in [6.45, 7) is 0. The number of hydrogen-bond acceptors (Lipinski definition) is 6. The fourth-order valence-electron chi connectivity index (χ4n) is 1.51. The second-order valence-electron chi connectivity index (χ2n) is 3.54. The molecule has 8 heteroatoms. The van der Waals surface area contributed by atoms with Crippen molar-refractivity contribution in [2.75, 3.05) is 7.11 Å². The van der Waals surface area contributed by atoms with E-state index in [4.69, 9.17) is 4.74 Å². The summed E-state index contributed by atoms with van der Waals surface area (Å²) in [5, 5.41) is 12.3. The molecule has 0 atom stereocenters. The average Bonchev–Trinajstić information content (AvgIpc) is 2.67. The molecule has 19 heavy (non-hydrogen) atoms. The van der Waals surface area contributed by atoms with Gasteiger partial charge in [0.1, 0.15) is 5.75 Å². The summed E-state index contributed by atoms with van der Waals surface area (Å²) in [4.78, 5) is 32.8. The third kappa shape index (κ3) is 2.74. The summed E-state index contributed by atoms with van der Waals surface area (Å²) in [6.07, 6.45) is 1.39. The highest BCUT2D eigenvalue weighted by atomic mass is 32.2. The molecule has 1 aliphatic heterocycles. The Morgan fingerprint density at radius 2 is 2.16 bits per heavy atom. The fraction of sp³-hybridized carbons (Fsp3) is 0.0909. The van der Waals surface area contributed by atoms with E-state index < -0.39 is 16.1 Å². The molecule has 0 unspecified atom stereocenters. The molecule has 1 heterocycles. The number of amides is 2. The highest BCUT2D eigenvalue weighted by Crippen LogP contribution is 2.31. The van der Waals surface area contributed by atoms with Crippen molar-refractivity contribution in [3.63, 3.8) is 0 Å². The second-order valence-corrected chi connectivity index (χ2v) is 4.55. The Morgan fingerprint density at radius 3 is 2.68 bits per heavy atom. The van der Waals surface area contributed by atoms with Crippen LogP contribution in [-0.2, 0) is 4.79 Å². The van der Waals surface area contributed by atoms with Crippen LogP contribution in [0.3, 0.4) is 0 Å². The number of nitro benzene ring substituents is 1. The van der Waals surface area contributed by atoms with Gasteiger partial charge in [0.25, 0.3) is 16.8 Å². The summed E-state index contributed by atoms with van der Waals surface area (Å²) in [6, 6.07) is 4.01. The molecule has 0 spiro atoms. The van der Waals surface area contributed by atoms with Gasteiger partial charge in [0, 0.05) is 17.7 Å². The molecule has 2 rings (SSSR count). The molecular weight excluding hydrogens is 272 g/mol. The maximum Gasteiger partial charge on any atom is 0.290 e. The molecule has 7 nitrogen and oxygen atoms in total. The summed E-state index contributed by atoms with van der Waals surface area (Å²) >= 11 is 0.738. The summed E-state index contributed by atoms with van der Waals surface area (Å²) in [5.74, 6) is -0.144. The molecule has 0 aromatic heterocycles. The minimum atomic E-state index is -0.547. The van der Waals surface area contributed by atoms with Crippen LogP contribution < -0.4 is 10.1 Å². The Morgan fingerprint density at radius 1 is 1.42 bits per heavy atom. The highest BCUT2D eigenvalue weighted by Gasteiger charge is 2.25. The minimum absolute atomic E-state index is 0.123. The number of non-ortho nitro benzene ring substituents is 1. The number of benzene rings is 1. The predicted octanol–water partition coefficient (Wildman–Crippen LogP) is 1.93. The van der Waals surface area contributed by atoms with Crippen LogP contribution in [0.15, 0.2) is 23.1 Å². The van der Waals surface area contributed by atoms with E-state index in [0.29, 0.717) is 11.3 Å². The van der Waals surface area contributed by atoms with E-state index in [1.54, 1.807) is 0 Å². The average molecular weight is 280 g/mol. The van der Waals surface area contributed by atoms with Crippen LogP contribution in [0, 0.1) is 10.1 Å². The van der Waals surface area contributed by atoms with Crippen molar-refractivity contribution in [3.8, 4) is 5.75 Å². The molecule has 1 fully saturated rings. The third-order valence-corrected chi connectivity index (χ3v) is 3.16. The van der Waals surface area contributed by atoms with Gasteiger partial charge in [-0.1, -0.05) is 0 Å². The topological polar surface area (TPSA) is 98.5 Å². The maximum atomic E-state index is 11.4. The molecule has 1 aromatic carbocycles. The van der Waals surface area contributed by atoms with E-state index in [1.807, 2.05) is 0 Å². The normalized spacial score (nSPS) is 16.6. The molecule has 0 bridgehead atoms. The Kier molecular flexibility index (Phi) is 3.52. The fourth-order valence-corrected chi connectivity index (χ4v) is 2.18. The monoisotopic (exact) mass is 280 g/mol. The van der Waals surface area contributed by atoms with Crippen LogP contribution >= 0.6 is 11.8 Å². The number of methoxy groups -OCH3 is 1. The number of ether oxygens (including phenoxy) is 1. The van der Waals surface area contributed by atoms with E-state index in [1.165, 1.54) is 31.4 Å². The quantitative estimate of drug-likeness (QED) is 0.516. The van der Waals surface area contributed by atoms with Crippen LogP contribution in [0.1, 0.15) is 5.56 Å². The number of rotatable bonds is 3. The number of nitrogens with zero attached hydrogens (tertiary/aromatic N) is 1. The minimum Gasteiger partial charge on any atom is -0.496 e. The van der Waals surface area contributed by atoms with Gasteiger partial charge in [0.15, 0.2) is 0 Å². The van der Waals surface area contributed by atoms with Gasteiger partial charge >= 0.3 is 0 Å². The van der Waals surface area contributed by atoms with Crippen LogP contribution in [-0.4, -0.2) is 23.2 Å². The van der Waals surface area contributed by atoms with Gasteiger partial charge in [-0.25, -0.2) is 0 Å². The van der Waals surface area contributed by atoms with Crippen molar-refractivity contribution < 1.29 is 19.2 Å². The molecule has 98 valence electrons. The van der Waals surface area contributed by atoms with Crippen molar-refractivity contribution in [1.82, 2.24) is 5.32 Å². The Hall–Kier alpha value is -2.35. The zero-order valence-corrected chi connectivity index (χ0v) is 10.5. The number of hydrogen-bond donors (Lipinski definition) is 1. The van der Waals surface area contributed by atoms with Crippen molar-refractivity contribution in [2.24, 2.45) is 0 Å². The molecule has 0 aliphatic carbocycles. The lowest BCUT2D eigenvalue weighted by Crippen LogP contribution is -2.17. The largest absolute Gasteiger partial charge is 0.496 e. The number of nitro groups is 1. The lowest BCUT2D eigenvalue weighted by molar-refractivity contribution is -0.384. The number of carbonyl (C=O) groups excluding carboxylic acids is 2. The number of nitrogens with one attached hydrogen (secondary N) is 1. The van der Waals surface area contributed by atoms with E-state index in [2.05, 4.69) is 5.32 Å². The Bertz CT molecular complexity index is 611. The standard InChI is InChI=1S/C11H8N2O5S/c1-18-8-3-2-7(13(16)17)4-6(8)5-9-10(14)12-11(15)19-9/h2-5H,1H3,(H,12,14,15). The van der Waals surface area contributed by atoms with Gasteiger partial charge in [0.2, 0.25) is 0 Å². The van der Waals surface area contributed by atoms with Crippen molar-refractivity contribution in [2.45, 2.75) is 0 Å². The van der Waals surface area contributed by atoms with Gasteiger partial charge in [0.05, 0.1) is 16.9 Å². The van der Waals surface area contributed by atoms with Gasteiger partial charge < -0.3 is 4.74 Å². The molecule has 1 saturated heterocycles. The van der Waals surface area contributed by atoms with Crippen molar-refractivity contribution >= 4 is 34.7 Å². The van der Waals surface area contributed by atoms with Crippen LogP contribution in [0.25, 0.3) is 6.08 Å². The molecular formula is C11H8N2O5S. The molecule has 0 radical (unpaired) electrons. The predicted molar refractivity (Wildman–Crippen MR) is 68.8 cm³/mol. The summed E-state index contributed by atoms with van der Waals surface area (Å²) < 4.78 is 5.06. The molecule has 1 N–H and O–H groups in total. The van der Waals surface area contributed by atoms with Crippen LogP contribution in [0.5, 0.6) is 5.75 Å². The first kappa shape index (κ1) is 13.1. The van der Waals surface area contributed by atoms with Gasteiger partial charge in [-0.05, 0) is 23.9 Å². The molecule has 1 aliphatic rings. The highest BCUT2D eigenvalue weighted by molar-refractivity contribution is 8.18. The first-order valence-electron chi connectivity index (χ1n) is 5.08. The summed E-state index contributed by atoms with van der Waals surface area (Å²) in [7, 11) is 1.41. The lowest BCUT2D eigenvalue weighted by Gasteiger charge is -2.04. The molecule has 0 saturated carbocycles. The van der Waals surface area contributed by atoms with Crippen molar-refractivity contribution in [3.05, 3.63) is 38.8 Å². The molecule has 1 aromatic rings. The smallest absolute Gasteiger partial charge is 0.290 e. The van der Waals surface area contributed by atoms with Gasteiger partial charge in [-0.2, -0.15) is 0 Å². The zero-order valence-electron chi connectivity index (χ0n) is 9.71. The SMILES string of the molecule is COc1ccc([N+](=O)[O-])cc1C=C1SC(=O)NC1=O. The van der Waals surface area contributed by atoms with E-state index >= 15 is 0 Å². The second kappa shape index (κ2) is 5.11. The van der Waals surface area contributed by atoms with E-state index in [0.717, 1.165) is 11.8 Å². The number of carbonyl (C=O) groups is 2. The number of thioether (sulfide) groups is 1. The number of imide groups is 1. The molecule has 2 amide bonds. The Balaban J connectivity index is 2.45. The van der Waals surface area contributed by atoms with Crippen molar-refractivity contribution in [1.29, 1.82) is 0 Å². The summed E-state index contributed by atoms with van der Waals surface area (Å²) in [5.41, 5.74) is 0.242. The lowest BCUT2D eigenvalue weighted by atomic mass is 10.1. The van der Waals surface area contributed by atoms with Gasteiger partial charge in [-0.15, -0.1) is 0 Å². The first-order chi connectivity index (χ1) is 9.01. The van der Waals surface area contributed by atoms with Gasteiger partial charge in [-0.3, -0.25) is 25.0 Å².